The molecule has 2 aromatic rings. The zero-order valence-electron chi connectivity index (χ0n) is 19.3. The van der Waals surface area contributed by atoms with Crippen LogP contribution >= 0.6 is 0 Å². The van der Waals surface area contributed by atoms with E-state index >= 15 is 0 Å². The summed E-state index contributed by atoms with van der Waals surface area (Å²) in [4.78, 5) is 39.6. The molecule has 3 fully saturated rings. The van der Waals surface area contributed by atoms with Crippen LogP contribution in [-0.2, 0) is 14.3 Å². The van der Waals surface area contributed by atoms with Gasteiger partial charge in [0.2, 0.25) is 11.6 Å². The van der Waals surface area contributed by atoms with E-state index in [1.54, 1.807) is 23.1 Å². The first kappa shape index (κ1) is 22.6. The number of rotatable bonds is 7. The van der Waals surface area contributed by atoms with Crippen molar-refractivity contribution in [3.8, 4) is 5.75 Å². The Labute approximate surface area is 197 Å². The number of Topliss-reactive ketones (excluding diaryl/α,β-unsaturated/α-hetero) is 2. The Kier molecular flexibility index (Phi) is 5.69. The van der Waals surface area contributed by atoms with Gasteiger partial charge in [-0.05, 0) is 44.0 Å². The van der Waals surface area contributed by atoms with Gasteiger partial charge in [-0.2, -0.15) is 0 Å². The fourth-order valence-corrected chi connectivity index (χ4v) is 4.93. The predicted molar refractivity (Wildman–Crippen MR) is 123 cm³/mol. The maximum Gasteiger partial charge on any atom is 0.257 e. The van der Waals surface area contributed by atoms with Gasteiger partial charge in [-0.1, -0.05) is 13.0 Å². The molecule has 1 aliphatic carbocycles. The van der Waals surface area contributed by atoms with E-state index in [2.05, 4.69) is 10.6 Å². The summed E-state index contributed by atoms with van der Waals surface area (Å²) in [5.74, 6) is -0.134. The number of para-hydroxylation sites is 1. The molecule has 0 bridgehead atoms. The largest absolute Gasteiger partial charge is 0.505 e. The van der Waals surface area contributed by atoms with E-state index in [1.165, 1.54) is 0 Å². The van der Waals surface area contributed by atoms with Crippen molar-refractivity contribution in [3.05, 3.63) is 47.4 Å². The van der Waals surface area contributed by atoms with Crippen LogP contribution in [0.2, 0.25) is 0 Å². The van der Waals surface area contributed by atoms with E-state index in [4.69, 9.17) is 9.15 Å². The monoisotopic (exact) mass is 467 g/mol. The average molecular weight is 468 g/mol. The number of likely N-dealkylation sites (tertiary alicyclic amines) is 1. The Morgan fingerprint density at radius 2 is 1.82 bits per heavy atom. The molecule has 1 aromatic heterocycles. The average Bonchev–Trinajstić information content (AvgIpc) is 3.49. The van der Waals surface area contributed by atoms with Crippen molar-refractivity contribution >= 4 is 23.2 Å². The number of anilines is 1. The Balaban J connectivity index is 1.37. The second-order valence-corrected chi connectivity index (χ2v) is 9.72. The fraction of sp³-hybridized carbons (Fsp3) is 0.480. The quantitative estimate of drug-likeness (QED) is 0.419. The molecule has 3 heterocycles. The smallest absolute Gasteiger partial charge is 0.257 e. The van der Waals surface area contributed by atoms with E-state index < -0.39 is 23.7 Å². The first-order chi connectivity index (χ1) is 16.3. The van der Waals surface area contributed by atoms with Gasteiger partial charge in [0.05, 0.1) is 30.5 Å². The van der Waals surface area contributed by atoms with E-state index in [1.807, 2.05) is 26.0 Å². The minimum Gasteiger partial charge on any atom is -0.505 e. The molecule has 1 amide bonds. The SMILES string of the molecule is Cc1ccc(C(NC2C(=O)C(=O)C2Nc2cccc(C(=O)N3CCCC3)c2O)C2(C)COC2)o1. The van der Waals surface area contributed by atoms with Crippen LogP contribution in [0.3, 0.4) is 0 Å². The molecule has 9 heteroatoms. The van der Waals surface area contributed by atoms with Crippen LogP contribution in [0.15, 0.2) is 34.7 Å². The molecule has 34 heavy (non-hydrogen) atoms. The highest BCUT2D eigenvalue weighted by Crippen LogP contribution is 2.42. The Hall–Kier alpha value is -3.17. The number of aryl methyl sites for hydroxylation is 1. The number of furan rings is 1. The van der Waals surface area contributed by atoms with Crippen LogP contribution in [-0.4, -0.2) is 65.9 Å². The third-order valence-corrected chi connectivity index (χ3v) is 7.06. The van der Waals surface area contributed by atoms with Crippen LogP contribution < -0.4 is 10.6 Å². The molecule has 3 atom stereocenters. The van der Waals surface area contributed by atoms with Gasteiger partial charge in [0.25, 0.3) is 5.91 Å². The van der Waals surface area contributed by atoms with E-state index in [9.17, 15) is 19.5 Å². The number of aromatic hydroxyl groups is 1. The van der Waals surface area contributed by atoms with Crippen molar-refractivity contribution in [1.29, 1.82) is 0 Å². The molecular weight excluding hydrogens is 438 g/mol. The number of ether oxygens (including phenoxy) is 1. The van der Waals surface area contributed by atoms with E-state index in [0.29, 0.717) is 32.1 Å². The molecule has 3 unspecified atom stereocenters. The lowest BCUT2D eigenvalue weighted by Crippen LogP contribution is -2.69. The van der Waals surface area contributed by atoms with Gasteiger partial charge in [-0.25, -0.2) is 0 Å². The van der Waals surface area contributed by atoms with Crippen molar-refractivity contribution < 1.29 is 28.6 Å². The van der Waals surface area contributed by atoms with Crippen molar-refractivity contribution in [2.45, 2.75) is 44.8 Å². The zero-order valence-corrected chi connectivity index (χ0v) is 19.3. The lowest BCUT2D eigenvalue weighted by Gasteiger charge is -2.47. The van der Waals surface area contributed by atoms with Crippen LogP contribution in [0.1, 0.15) is 47.7 Å². The normalized spacial score (nSPS) is 24.5. The van der Waals surface area contributed by atoms with E-state index in [0.717, 1.165) is 18.6 Å². The lowest BCUT2D eigenvalue weighted by molar-refractivity contribution is -0.150. The van der Waals surface area contributed by atoms with Crippen LogP contribution in [0.4, 0.5) is 5.69 Å². The summed E-state index contributed by atoms with van der Waals surface area (Å²) in [6, 6.07) is 6.52. The molecule has 3 N–H and O–H groups in total. The van der Waals surface area contributed by atoms with Gasteiger partial charge >= 0.3 is 0 Å². The number of benzene rings is 1. The van der Waals surface area contributed by atoms with Gasteiger partial charge in [0, 0.05) is 18.5 Å². The number of phenolic OH excluding ortho intramolecular Hbond substituents is 1. The molecule has 0 spiro atoms. The third kappa shape index (κ3) is 3.78. The summed E-state index contributed by atoms with van der Waals surface area (Å²) in [5, 5.41) is 17.1. The molecule has 1 saturated carbocycles. The predicted octanol–water partition coefficient (Wildman–Crippen LogP) is 2.20. The number of phenols is 1. The minimum atomic E-state index is -0.876. The summed E-state index contributed by atoms with van der Waals surface area (Å²) in [7, 11) is 0. The highest BCUT2D eigenvalue weighted by Gasteiger charge is 2.53. The van der Waals surface area contributed by atoms with E-state index in [-0.39, 0.29) is 34.4 Å². The zero-order chi connectivity index (χ0) is 24.0. The number of ketones is 2. The highest BCUT2D eigenvalue weighted by atomic mass is 16.5. The number of nitrogens with zero attached hydrogens (tertiary/aromatic N) is 1. The van der Waals surface area contributed by atoms with Crippen molar-refractivity contribution in [1.82, 2.24) is 10.2 Å². The van der Waals surface area contributed by atoms with Crippen molar-refractivity contribution in [2.24, 2.45) is 5.41 Å². The number of hydrogen-bond acceptors (Lipinski definition) is 8. The van der Waals surface area contributed by atoms with Gasteiger partial charge in [-0.3, -0.25) is 19.7 Å². The first-order valence-corrected chi connectivity index (χ1v) is 11.6. The number of hydrogen-bond donors (Lipinski definition) is 3. The van der Waals surface area contributed by atoms with Gasteiger partial charge < -0.3 is 24.5 Å². The number of carbonyl (C=O) groups is 3. The lowest BCUT2D eigenvalue weighted by atomic mass is 9.76. The van der Waals surface area contributed by atoms with Gasteiger partial charge in [-0.15, -0.1) is 0 Å². The summed E-state index contributed by atoms with van der Waals surface area (Å²) in [5.41, 5.74) is 0.127. The second-order valence-electron chi connectivity index (χ2n) is 9.72. The molecule has 9 nitrogen and oxygen atoms in total. The van der Waals surface area contributed by atoms with Crippen molar-refractivity contribution in [3.63, 3.8) is 0 Å². The van der Waals surface area contributed by atoms with Crippen molar-refractivity contribution in [2.75, 3.05) is 31.6 Å². The summed E-state index contributed by atoms with van der Waals surface area (Å²) in [6.07, 6.45) is 1.88. The summed E-state index contributed by atoms with van der Waals surface area (Å²) in [6.45, 7) is 6.21. The highest BCUT2D eigenvalue weighted by molar-refractivity contribution is 6.49. The standard InChI is InChI=1S/C25H29N3O6/c1-14-8-9-17(34-14)23(25(2)12-33-13-25)27-19-18(21(30)22(19)31)26-16-7-5-6-15(20(16)29)24(32)28-10-3-4-11-28/h5-9,18-19,23,26-27,29H,3-4,10-13H2,1-2H3. The third-order valence-electron chi connectivity index (χ3n) is 7.06. The number of carbonyl (C=O) groups excluding carboxylic acids is 3. The molecule has 180 valence electrons. The van der Waals surface area contributed by atoms with Gasteiger partial charge in [0.15, 0.2) is 5.75 Å². The Morgan fingerprint density at radius 1 is 1.12 bits per heavy atom. The molecule has 3 aliphatic rings. The fourth-order valence-electron chi connectivity index (χ4n) is 4.93. The number of nitrogens with one attached hydrogen (secondary N) is 2. The second kappa shape index (κ2) is 8.56. The number of amides is 1. The Bertz CT molecular complexity index is 1130. The topological polar surface area (TPSA) is 121 Å². The first-order valence-electron chi connectivity index (χ1n) is 11.6. The molecule has 2 aliphatic heterocycles. The molecular formula is C25H29N3O6. The Morgan fingerprint density at radius 3 is 2.44 bits per heavy atom. The van der Waals surface area contributed by atoms with Crippen LogP contribution in [0.5, 0.6) is 5.75 Å². The van der Waals surface area contributed by atoms with Crippen LogP contribution in [0.25, 0.3) is 0 Å². The van der Waals surface area contributed by atoms with Gasteiger partial charge in [0.1, 0.15) is 23.6 Å². The molecule has 0 radical (unpaired) electrons. The summed E-state index contributed by atoms with van der Waals surface area (Å²) >= 11 is 0. The summed E-state index contributed by atoms with van der Waals surface area (Å²) < 4.78 is 11.3. The maximum atomic E-state index is 12.8. The molecule has 1 aromatic carbocycles. The maximum absolute atomic E-state index is 12.8. The molecule has 5 rings (SSSR count). The molecule has 2 saturated heterocycles. The van der Waals surface area contributed by atoms with Crippen LogP contribution in [0, 0.1) is 12.3 Å². The minimum absolute atomic E-state index is 0.178.